The number of anilines is 1. The quantitative estimate of drug-likeness (QED) is 0.753. The van der Waals surface area contributed by atoms with Crippen LogP contribution in [0.3, 0.4) is 0 Å². The zero-order valence-corrected chi connectivity index (χ0v) is 9.58. The van der Waals surface area contributed by atoms with E-state index in [9.17, 15) is 10.0 Å². The van der Waals surface area contributed by atoms with Gasteiger partial charge in [0.25, 0.3) is 5.91 Å². The average Bonchev–Trinajstić information content (AvgIpc) is 2.44. The third-order valence-electron chi connectivity index (χ3n) is 3.02. The summed E-state index contributed by atoms with van der Waals surface area (Å²) in [5.41, 5.74) is 2.05. The molecule has 2 aromatic carbocycles. The lowest BCUT2D eigenvalue weighted by Gasteiger charge is -2.33. The third kappa shape index (κ3) is 1.63. The number of fused-ring (bicyclic) bond motifs is 1. The summed E-state index contributed by atoms with van der Waals surface area (Å²) in [6.07, 6.45) is -0.548. The molecule has 4 heteroatoms. The van der Waals surface area contributed by atoms with E-state index in [1.165, 1.54) is 0 Å². The molecule has 0 aromatic heterocycles. The van der Waals surface area contributed by atoms with Crippen molar-refractivity contribution in [1.29, 1.82) is 0 Å². The van der Waals surface area contributed by atoms with Crippen LogP contribution in [0.15, 0.2) is 54.6 Å². The molecule has 0 saturated carbocycles. The van der Waals surface area contributed by atoms with Crippen molar-refractivity contribution in [2.45, 2.75) is 6.17 Å². The molecule has 1 aliphatic heterocycles. The number of hydroxylamine groups is 2. The van der Waals surface area contributed by atoms with Crippen LogP contribution < -0.4 is 5.32 Å². The number of carbonyl (C=O) groups is 1. The predicted molar refractivity (Wildman–Crippen MR) is 67.2 cm³/mol. The van der Waals surface area contributed by atoms with Crippen molar-refractivity contribution in [2.24, 2.45) is 0 Å². The fraction of sp³-hybridized carbons (Fsp3) is 0.0714. The molecule has 1 atom stereocenters. The average molecular weight is 240 g/mol. The Balaban J connectivity index is 2.04. The van der Waals surface area contributed by atoms with Crippen LogP contribution >= 0.6 is 0 Å². The molecule has 0 radical (unpaired) electrons. The van der Waals surface area contributed by atoms with E-state index in [2.05, 4.69) is 5.32 Å². The Hall–Kier alpha value is -2.33. The number of rotatable bonds is 1. The van der Waals surface area contributed by atoms with Gasteiger partial charge in [0.15, 0.2) is 6.17 Å². The summed E-state index contributed by atoms with van der Waals surface area (Å²) in [5, 5.41) is 13.8. The molecule has 0 fully saturated rings. The number of nitrogens with zero attached hydrogens (tertiary/aromatic N) is 1. The van der Waals surface area contributed by atoms with Gasteiger partial charge in [-0.05, 0) is 17.7 Å². The molecule has 0 unspecified atom stereocenters. The molecule has 2 aromatic rings. The molecular formula is C14H12N2O2. The van der Waals surface area contributed by atoms with Crippen molar-refractivity contribution >= 4 is 11.6 Å². The SMILES string of the molecule is O=C1c2ccccc2N[C@H](c2ccccc2)N1O. The molecule has 1 aliphatic rings. The van der Waals surface area contributed by atoms with E-state index < -0.39 is 12.1 Å². The zero-order valence-electron chi connectivity index (χ0n) is 9.58. The van der Waals surface area contributed by atoms with E-state index in [1.807, 2.05) is 42.5 Å². The first-order valence-electron chi connectivity index (χ1n) is 5.70. The van der Waals surface area contributed by atoms with Gasteiger partial charge in [0, 0.05) is 5.69 Å². The van der Waals surface area contributed by atoms with Gasteiger partial charge in [-0.3, -0.25) is 10.0 Å². The van der Waals surface area contributed by atoms with Gasteiger partial charge in [-0.25, -0.2) is 0 Å². The van der Waals surface area contributed by atoms with E-state index in [-0.39, 0.29) is 0 Å². The zero-order chi connectivity index (χ0) is 12.5. The minimum absolute atomic E-state index is 0.391. The third-order valence-corrected chi connectivity index (χ3v) is 3.02. The van der Waals surface area contributed by atoms with Crippen molar-refractivity contribution in [1.82, 2.24) is 5.06 Å². The number of para-hydroxylation sites is 1. The number of amides is 1. The maximum absolute atomic E-state index is 12.0. The molecule has 18 heavy (non-hydrogen) atoms. The van der Waals surface area contributed by atoms with Gasteiger partial charge in [-0.15, -0.1) is 0 Å². The molecule has 0 aliphatic carbocycles. The van der Waals surface area contributed by atoms with Crippen LogP contribution in [0, 0.1) is 0 Å². The number of benzene rings is 2. The van der Waals surface area contributed by atoms with Gasteiger partial charge in [-0.1, -0.05) is 42.5 Å². The van der Waals surface area contributed by atoms with Crippen molar-refractivity contribution in [2.75, 3.05) is 5.32 Å². The largest absolute Gasteiger partial charge is 0.359 e. The van der Waals surface area contributed by atoms with E-state index in [0.29, 0.717) is 5.56 Å². The first kappa shape index (κ1) is 10.8. The maximum atomic E-state index is 12.0. The van der Waals surface area contributed by atoms with Crippen LogP contribution in [0.4, 0.5) is 5.69 Å². The van der Waals surface area contributed by atoms with Crippen LogP contribution in [0.25, 0.3) is 0 Å². The summed E-state index contributed by atoms with van der Waals surface area (Å²) in [6, 6.07) is 16.5. The molecule has 0 bridgehead atoms. The summed E-state index contributed by atoms with van der Waals surface area (Å²) in [7, 11) is 0. The van der Waals surface area contributed by atoms with Gasteiger partial charge in [-0.2, -0.15) is 5.06 Å². The van der Waals surface area contributed by atoms with E-state index >= 15 is 0 Å². The molecule has 1 heterocycles. The first-order chi connectivity index (χ1) is 8.77. The summed E-state index contributed by atoms with van der Waals surface area (Å²) < 4.78 is 0. The van der Waals surface area contributed by atoms with E-state index in [4.69, 9.17) is 0 Å². The Morgan fingerprint density at radius 3 is 2.44 bits per heavy atom. The monoisotopic (exact) mass is 240 g/mol. The number of nitrogens with one attached hydrogen (secondary N) is 1. The van der Waals surface area contributed by atoms with Crippen LogP contribution in [0.5, 0.6) is 0 Å². The van der Waals surface area contributed by atoms with Gasteiger partial charge >= 0.3 is 0 Å². The van der Waals surface area contributed by atoms with Gasteiger partial charge < -0.3 is 5.32 Å². The van der Waals surface area contributed by atoms with Crippen molar-refractivity contribution in [3.8, 4) is 0 Å². The maximum Gasteiger partial charge on any atom is 0.281 e. The minimum atomic E-state index is -0.548. The van der Waals surface area contributed by atoms with Crippen molar-refractivity contribution in [3.05, 3.63) is 65.7 Å². The number of hydrogen-bond acceptors (Lipinski definition) is 3. The lowest BCUT2D eigenvalue weighted by Crippen LogP contribution is -2.40. The second-order valence-corrected chi connectivity index (χ2v) is 4.15. The Kier molecular flexibility index (Phi) is 2.50. The standard InChI is InChI=1S/C14H12N2O2/c17-14-11-8-4-5-9-12(11)15-13(16(14)18)10-6-2-1-3-7-10/h1-9,13,15,18H/t13-/m0/s1. The van der Waals surface area contributed by atoms with Crippen LogP contribution in [-0.2, 0) is 0 Å². The Labute approximate surface area is 104 Å². The summed E-state index contributed by atoms with van der Waals surface area (Å²) in [4.78, 5) is 12.0. The number of hydrogen-bond donors (Lipinski definition) is 2. The Morgan fingerprint density at radius 2 is 1.67 bits per heavy atom. The molecule has 1 amide bonds. The molecule has 3 rings (SSSR count). The molecule has 0 saturated heterocycles. The lowest BCUT2D eigenvalue weighted by atomic mass is 10.1. The normalized spacial score (nSPS) is 18.2. The lowest BCUT2D eigenvalue weighted by molar-refractivity contribution is -0.0851. The fourth-order valence-electron chi connectivity index (χ4n) is 2.10. The van der Waals surface area contributed by atoms with Crippen LogP contribution in [0.2, 0.25) is 0 Å². The van der Waals surface area contributed by atoms with Gasteiger partial charge in [0.1, 0.15) is 0 Å². The van der Waals surface area contributed by atoms with E-state index in [0.717, 1.165) is 16.3 Å². The second kappa shape index (κ2) is 4.16. The van der Waals surface area contributed by atoms with Gasteiger partial charge in [0.2, 0.25) is 0 Å². The minimum Gasteiger partial charge on any atom is -0.359 e. The van der Waals surface area contributed by atoms with Crippen molar-refractivity contribution < 1.29 is 10.0 Å². The van der Waals surface area contributed by atoms with Crippen LogP contribution in [0.1, 0.15) is 22.1 Å². The molecule has 90 valence electrons. The molecule has 0 spiro atoms. The molecule has 2 N–H and O–H groups in total. The Morgan fingerprint density at radius 1 is 1.00 bits per heavy atom. The predicted octanol–water partition coefficient (Wildman–Crippen LogP) is 2.64. The summed E-state index contributed by atoms with van der Waals surface area (Å²) in [5.74, 6) is -0.391. The highest BCUT2D eigenvalue weighted by molar-refractivity contribution is 6.00. The van der Waals surface area contributed by atoms with Crippen LogP contribution in [-0.4, -0.2) is 16.2 Å². The van der Waals surface area contributed by atoms with Crippen molar-refractivity contribution in [3.63, 3.8) is 0 Å². The molecular weight excluding hydrogens is 228 g/mol. The first-order valence-corrected chi connectivity index (χ1v) is 5.70. The Bertz CT molecular complexity index is 583. The second-order valence-electron chi connectivity index (χ2n) is 4.15. The topological polar surface area (TPSA) is 52.6 Å². The smallest absolute Gasteiger partial charge is 0.281 e. The highest BCUT2D eigenvalue weighted by Crippen LogP contribution is 2.31. The van der Waals surface area contributed by atoms with E-state index in [1.54, 1.807) is 12.1 Å². The highest BCUT2D eigenvalue weighted by atomic mass is 16.5. The summed E-state index contributed by atoms with van der Waals surface area (Å²) in [6.45, 7) is 0. The fourth-order valence-corrected chi connectivity index (χ4v) is 2.10. The van der Waals surface area contributed by atoms with Gasteiger partial charge in [0.05, 0.1) is 5.56 Å². The number of carbonyl (C=O) groups excluding carboxylic acids is 1. The summed E-state index contributed by atoms with van der Waals surface area (Å²) >= 11 is 0. The highest BCUT2D eigenvalue weighted by Gasteiger charge is 2.31. The molecule has 4 nitrogen and oxygen atoms in total.